The molecule has 0 bridgehead atoms. The van der Waals surface area contributed by atoms with E-state index < -0.39 is 12.1 Å². The van der Waals surface area contributed by atoms with Gasteiger partial charge in [-0.15, -0.1) is 11.3 Å². The van der Waals surface area contributed by atoms with Gasteiger partial charge in [-0.1, -0.05) is 18.2 Å². The van der Waals surface area contributed by atoms with Crippen molar-refractivity contribution in [2.45, 2.75) is 52.6 Å². The van der Waals surface area contributed by atoms with E-state index in [1.54, 1.807) is 6.92 Å². The van der Waals surface area contributed by atoms with E-state index in [2.05, 4.69) is 9.97 Å². The van der Waals surface area contributed by atoms with E-state index in [1.807, 2.05) is 38.1 Å². The second-order valence-electron chi connectivity index (χ2n) is 8.10. The van der Waals surface area contributed by atoms with Crippen LogP contribution >= 0.6 is 11.3 Å². The summed E-state index contributed by atoms with van der Waals surface area (Å²) < 4.78 is 5.84. The zero-order valence-corrected chi connectivity index (χ0v) is 18.6. The molecule has 7 heteroatoms. The Hall–Kier alpha value is -3.06. The number of hydrogen-bond acceptors (Lipinski definition) is 6. The maximum absolute atomic E-state index is 13.4. The topological polar surface area (TPSA) is 84.9 Å². The number of nitrogens with one attached hydrogen (secondary N) is 1. The third kappa shape index (κ3) is 3.33. The van der Waals surface area contributed by atoms with E-state index >= 15 is 0 Å². The first-order chi connectivity index (χ1) is 14.9. The number of ether oxygens (including phenoxy) is 1. The molecule has 1 aromatic carbocycles. The van der Waals surface area contributed by atoms with Crippen LogP contribution in [0.3, 0.4) is 0 Å². The second kappa shape index (κ2) is 7.57. The number of para-hydroxylation sites is 1. The number of aromatic amines is 1. The van der Waals surface area contributed by atoms with Gasteiger partial charge in [-0.3, -0.25) is 9.78 Å². The fraction of sp³-hybridized carbons (Fsp3) is 0.333. The zero-order chi connectivity index (χ0) is 21.7. The number of aromatic nitrogens is 3. The van der Waals surface area contributed by atoms with Crippen LogP contribution in [-0.4, -0.2) is 20.9 Å². The second-order valence-corrected chi connectivity index (χ2v) is 9.30. The minimum Gasteiger partial charge on any atom is -0.451 e. The van der Waals surface area contributed by atoms with Crippen LogP contribution in [0, 0.1) is 13.8 Å². The molecule has 158 valence electrons. The summed E-state index contributed by atoms with van der Waals surface area (Å²) >= 11 is 1.48. The molecule has 1 atom stereocenters. The predicted molar refractivity (Wildman–Crippen MR) is 122 cm³/mol. The zero-order valence-electron chi connectivity index (χ0n) is 17.7. The maximum atomic E-state index is 13.4. The summed E-state index contributed by atoms with van der Waals surface area (Å²) in [5.41, 5.74) is 4.13. The first-order valence-corrected chi connectivity index (χ1v) is 11.4. The van der Waals surface area contributed by atoms with Crippen molar-refractivity contribution in [1.82, 2.24) is 15.0 Å². The molecule has 0 spiro atoms. The molecule has 0 aliphatic heterocycles. The normalized spacial score (nSPS) is 14.5. The average molecular weight is 434 g/mol. The average Bonchev–Trinajstić information content (AvgIpc) is 3.05. The number of H-pyrrole nitrogens is 1. The van der Waals surface area contributed by atoms with Gasteiger partial charge in [-0.25, -0.2) is 9.78 Å². The van der Waals surface area contributed by atoms with Gasteiger partial charge in [0, 0.05) is 16.0 Å². The highest BCUT2D eigenvalue weighted by Crippen LogP contribution is 2.31. The lowest BCUT2D eigenvalue weighted by atomic mass is 9.90. The molecular weight excluding hydrogens is 410 g/mol. The molecule has 4 aromatic rings. The van der Waals surface area contributed by atoms with Gasteiger partial charge in [0.2, 0.25) is 0 Å². The summed E-state index contributed by atoms with van der Waals surface area (Å²) in [4.78, 5) is 39.9. The first-order valence-electron chi connectivity index (χ1n) is 10.6. The summed E-state index contributed by atoms with van der Waals surface area (Å²) in [6, 6.07) is 7.69. The standard InChI is InChI=1S/C24H23N3O3S/c1-12-14(3)31-23-19(12)22(28)26-21(27-23)13(2)30-24(29)20-15-8-4-6-10-17(15)25-18-11-7-5-9-16(18)20/h4,6,8,10,13H,5,7,9,11H2,1-3H3,(H,26,27,28). The highest BCUT2D eigenvalue weighted by Gasteiger charge is 2.26. The third-order valence-corrected chi connectivity index (χ3v) is 7.20. The Balaban J connectivity index is 1.54. The van der Waals surface area contributed by atoms with E-state index in [1.165, 1.54) is 11.3 Å². The lowest BCUT2D eigenvalue weighted by Gasteiger charge is -2.21. The highest BCUT2D eigenvalue weighted by atomic mass is 32.1. The molecule has 0 fully saturated rings. The molecular formula is C24H23N3O3S. The van der Waals surface area contributed by atoms with E-state index in [0.717, 1.165) is 58.3 Å². The fourth-order valence-corrected chi connectivity index (χ4v) is 5.38. The van der Waals surface area contributed by atoms with Crippen molar-refractivity contribution in [2.24, 2.45) is 0 Å². The third-order valence-electron chi connectivity index (χ3n) is 6.10. The smallest absolute Gasteiger partial charge is 0.339 e. The molecule has 6 nitrogen and oxygen atoms in total. The molecule has 3 heterocycles. The van der Waals surface area contributed by atoms with E-state index in [0.29, 0.717) is 21.6 Å². The number of pyridine rings is 1. The molecule has 3 aromatic heterocycles. The number of esters is 1. The number of carbonyl (C=O) groups excluding carboxylic acids is 1. The Morgan fingerprint density at radius 1 is 1.16 bits per heavy atom. The van der Waals surface area contributed by atoms with Gasteiger partial charge in [0.05, 0.1) is 16.5 Å². The Kier molecular flexibility index (Phi) is 4.85. The van der Waals surface area contributed by atoms with Crippen molar-refractivity contribution >= 4 is 38.4 Å². The van der Waals surface area contributed by atoms with Crippen LogP contribution in [0.5, 0.6) is 0 Å². The van der Waals surface area contributed by atoms with Crippen LogP contribution in [0.2, 0.25) is 0 Å². The number of hydrogen-bond donors (Lipinski definition) is 1. The Morgan fingerprint density at radius 2 is 1.94 bits per heavy atom. The van der Waals surface area contributed by atoms with Crippen LogP contribution in [-0.2, 0) is 17.6 Å². The lowest BCUT2D eigenvalue weighted by Crippen LogP contribution is -2.19. The van der Waals surface area contributed by atoms with Gasteiger partial charge >= 0.3 is 5.97 Å². The van der Waals surface area contributed by atoms with Gasteiger partial charge < -0.3 is 9.72 Å². The van der Waals surface area contributed by atoms with Crippen molar-refractivity contribution in [3.05, 3.63) is 67.7 Å². The molecule has 0 saturated carbocycles. The first kappa shape index (κ1) is 19.9. The monoisotopic (exact) mass is 433 g/mol. The van der Waals surface area contributed by atoms with Gasteiger partial charge in [-0.2, -0.15) is 0 Å². The Labute approximate surface area is 183 Å². The number of thiophene rings is 1. The van der Waals surface area contributed by atoms with Crippen LogP contribution in [0.15, 0.2) is 29.1 Å². The van der Waals surface area contributed by atoms with Gasteiger partial charge in [0.15, 0.2) is 11.9 Å². The van der Waals surface area contributed by atoms with Crippen molar-refractivity contribution in [1.29, 1.82) is 0 Å². The Morgan fingerprint density at radius 3 is 2.77 bits per heavy atom. The van der Waals surface area contributed by atoms with Gasteiger partial charge in [-0.05, 0) is 63.6 Å². The quantitative estimate of drug-likeness (QED) is 0.462. The van der Waals surface area contributed by atoms with E-state index in [4.69, 9.17) is 9.72 Å². The van der Waals surface area contributed by atoms with Gasteiger partial charge in [0.1, 0.15) is 4.83 Å². The van der Waals surface area contributed by atoms with Crippen LogP contribution < -0.4 is 5.56 Å². The van der Waals surface area contributed by atoms with Crippen LogP contribution in [0.1, 0.15) is 63.7 Å². The fourth-order valence-electron chi connectivity index (χ4n) is 4.34. The number of fused-ring (bicyclic) bond motifs is 3. The number of rotatable bonds is 3. The van der Waals surface area contributed by atoms with Gasteiger partial charge in [0.25, 0.3) is 5.56 Å². The number of benzene rings is 1. The number of carbonyl (C=O) groups is 1. The predicted octanol–water partition coefficient (Wildman–Crippen LogP) is 4.95. The lowest BCUT2D eigenvalue weighted by molar-refractivity contribution is 0.0320. The molecule has 0 amide bonds. The molecule has 0 radical (unpaired) electrons. The minimum absolute atomic E-state index is 0.198. The summed E-state index contributed by atoms with van der Waals surface area (Å²) in [7, 11) is 0. The summed E-state index contributed by atoms with van der Waals surface area (Å²) in [5, 5.41) is 1.42. The molecule has 1 unspecified atom stereocenters. The van der Waals surface area contributed by atoms with Crippen molar-refractivity contribution in [3.8, 4) is 0 Å². The SMILES string of the molecule is Cc1sc2nc(C(C)OC(=O)c3c4c(nc5ccccc35)CCCC4)[nH]c(=O)c2c1C. The van der Waals surface area contributed by atoms with Crippen molar-refractivity contribution < 1.29 is 9.53 Å². The van der Waals surface area contributed by atoms with Crippen molar-refractivity contribution in [3.63, 3.8) is 0 Å². The molecule has 1 aliphatic carbocycles. The highest BCUT2D eigenvalue weighted by molar-refractivity contribution is 7.18. The van der Waals surface area contributed by atoms with Crippen LogP contribution in [0.25, 0.3) is 21.1 Å². The Bertz CT molecular complexity index is 1400. The van der Waals surface area contributed by atoms with E-state index in [9.17, 15) is 9.59 Å². The summed E-state index contributed by atoms with van der Waals surface area (Å²) in [6.07, 6.45) is 3.12. The van der Waals surface area contributed by atoms with Crippen LogP contribution in [0.4, 0.5) is 0 Å². The maximum Gasteiger partial charge on any atom is 0.339 e. The number of nitrogens with zero attached hydrogens (tertiary/aromatic N) is 2. The molecule has 1 aliphatic rings. The minimum atomic E-state index is -0.682. The molecule has 31 heavy (non-hydrogen) atoms. The largest absolute Gasteiger partial charge is 0.451 e. The van der Waals surface area contributed by atoms with E-state index in [-0.39, 0.29) is 5.56 Å². The van der Waals surface area contributed by atoms with Crippen molar-refractivity contribution in [2.75, 3.05) is 0 Å². The summed E-state index contributed by atoms with van der Waals surface area (Å²) in [6.45, 7) is 5.64. The summed E-state index contributed by atoms with van der Waals surface area (Å²) in [5.74, 6) is -0.0372. The molecule has 1 N–H and O–H groups in total. The number of aryl methyl sites for hydroxylation is 3. The molecule has 0 saturated heterocycles. The molecule has 5 rings (SSSR count).